The number of nitrogens with two attached hydrogens (primary N) is 2. The van der Waals surface area contributed by atoms with Gasteiger partial charge in [0.25, 0.3) is 0 Å². The van der Waals surface area contributed by atoms with Crippen molar-refractivity contribution in [2.45, 2.75) is 12.3 Å². The van der Waals surface area contributed by atoms with Crippen LogP contribution in [0.15, 0.2) is 54.6 Å². The Morgan fingerprint density at radius 1 is 1.00 bits per heavy atom. The largest absolute Gasteiger partial charge is 0.397 e. The van der Waals surface area contributed by atoms with Crippen LogP contribution >= 0.6 is 11.3 Å². The fourth-order valence-electron chi connectivity index (χ4n) is 3.38. The number of fused-ring (bicyclic) bond motifs is 1. The zero-order valence-electron chi connectivity index (χ0n) is 15.2. The SMILES string of the molecule is CNc1nc(-c2cccc(-c3ccccc3)c2)c2c(N)c(C3OC3N)sc2n1. The Bertz CT molecular complexity index is 1170. The van der Waals surface area contributed by atoms with E-state index in [1.165, 1.54) is 11.3 Å². The molecule has 1 saturated heterocycles. The minimum absolute atomic E-state index is 0.152. The van der Waals surface area contributed by atoms with Crippen LogP contribution in [0.3, 0.4) is 0 Å². The van der Waals surface area contributed by atoms with Crippen LogP contribution in [0.4, 0.5) is 11.6 Å². The van der Waals surface area contributed by atoms with E-state index in [1.54, 1.807) is 0 Å². The van der Waals surface area contributed by atoms with Gasteiger partial charge in [-0.2, -0.15) is 0 Å². The van der Waals surface area contributed by atoms with Gasteiger partial charge in [-0.05, 0) is 17.2 Å². The Labute approximate surface area is 166 Å². The predicted molar refractivity (Wildman–Crippen MR) is 114 cm³/mol. The highest BCUT2D eigenvalue weighted by atomic mass is 32.1. The van der Waals surface area contributed by atoms with Gasteiger partial charge in [0.2, 0.25) is 5.95 Å². The lowest BCUT2D eigenvalue weighted by Gasteiger charge is -2.09. The molecule has 140 valence electrons. The van der Waals surface area contributed by atoms with Gasteiger partial charge >= 0.3 is 0 Å². The van der Waals surface area contributed by atoms with Crippen LogP contribution in [-0.4, -0.2) is 23.2 Å². The van der Waals surface area contributed by atoms with Crippen molar-refractivity contribution in [3.63, 3.8) is 0 Å². The van der Waals surface area contributed by atoms with Crippen LogP contribution in [-0.2, 0) is 4.74 Å². The number of rotatable bonds is 4. The van der Waals surface area contributed by atoms with E-state index in [4.69, 9.17) is 21.2 Å². The summed E-state index contributed by atoms with van der Waals surface area (Å²) in [4.78, 5) is 11.1. The summed E-state index contributed by atoms with van der Waals surface area (Å²) in [5, 5.41) is 3.90. The topological polar surface area (TPSA) is 102 Å². The summed E-state index contributed by atoms with van der Waals surface area (Å²) in [6, 6.07) is 18.6. The summed E-state index contributed by atoms with van der Waals surface area (Å²) in [6.45, 7) is 0. The minimum atomic E-state index is -0.294. The molecule has 0 radical (unpaired) electrons. The minimum Gasteiger partial charge on any atom is -0.397 e. The Kier molecular flexibility index (Phi) is 4.01. The number of epoxide rings is 1. The summed E-state index contributed by atoms with van der Waals surface area (Å²) in [6.07, 6.45) is -0.447. The van der Waals surface area contributed by atoms with Gasteiger partial charge in [0, 0.05) is 12.6 Å². The van der Waals surface area contributed by atoms with Gasteiger partial charge in [0.05, 0.1) is 21.6 Å². The summed E-state index contributed by atoms with van der Waals surface area (Å²) in [5.41, 5.74) is 17.1. The van der Waals surface area contributed by atoms with E-state index in [0.29, 0.717) is 11.6 Å². The number of thiophene rings is 1. The van der Waals surface area contributed by atoms with Crippen molar-refractivity contribution >= 4 is 33.2 Å². The number of nitrogens with one attached hydrogen (secondary N) is 1. The van der Waals surface area contributed by atoms with Crippen molar-refractivity contribution in [3.8, 4) is 22.4 Å². The van der Waals surface area contributed by atoms with Gasteiger partial charge in [-0.15, -0.1) is 11.3 Å². The third-order valence-electron chi connectivity index (χ3n) is 4.87. The normalized spacial score (nSPS) is 18.4. The first-order chi connectivity index (χ1) is 13.7. The van der Waals surface area contributed by atoms with Crippen molar-refractivity contribution < 1.29 is 4.74 Å². The Morgan fingerprint density at radius 2 is 1.71 bits per heavy atom. The number of aromatic nitrogens is 2. The van der Waals surface area contributed by atoms with Crippen LogP contribution in [0.5, 0.6) is 0 Å². The molecule has 1 fully saturated rings. The molecule has 1 aliphatic heterocycles. The molecule has 1 aliphatic rings. The van der Waals surface area contributed by atoms with Crippen LogP contribution < -0.4 is 16.8 Å². The molecule has 28 heavy (non-hydrogen) atoms. The highest BCUT2D eigenvalue weighted by molar-refractivity contribution is 7.19. The molecule has 2 aromatic heterocycles. The van der Waals surface area contributed by atoms with Crippen molar-refractivity contribution in [2.75, 3.05) is 18.1 Å². The van der Waals surface area contributed by atoms with Gasteiger partial charge in [-0.25, -0.2) is 9.97 Å². The molecule has 6 nitrogen and oxygen atoms in total. The van der Waals surface area contributed by atoms with Crippen LogP contribution in [0.2, 0.25) is 0 Å². The van der Waals surface area contributed by atoms with Crippen molar-refractivity contribution in [3.05, 3.63) is 59.5 Å². The van der Waals surface area contributed by atoms with Crippen LogP contribution in [0, 0.1) is 0 Å². The zero-order valence-corrected chi connectivity index (χ0v) is 16.0. The van der Waals surface area contributed by atoms with Gasteiger partial charge in [0.1, 0.15) is 17.2 Å². The molecule has 5 rings (SSSR count). The second kappa shape index (κ2) is 6.56. The maximum absolute atomic E-state index is 6.50. The highest BCUT2D eigenvalue weighted by Gasteiger charge is 2.40. The molecule has 5 N–H and O–H groups in total. The summed E-state index contributed by atoms with van der Waals surface area (Å²) in [7, 11) is 1.81. The van der Waals surface area contributed by atoms with Crippen LogP contribution in [0.25, 0.3) is 32.6 Å². The standard InChI is InChI=1S/C21H19N5OS/c1-24-21-25-16(13-9-5-8-12(10-13)11-6-3-2-4-7-11)14-15(22)18(17-19(23)27-17)28-20(14)26-21/h2-10,17,19H,22-23H2,1H3,(H,24,25,26). The number of nitrogen functional groups attached to an aromatic ring is 1. The molecule has 4 aromatic rings. The average molecular weight is 389 g/mol. The molecule has 7 heteroatoms. The Hall–Kier alpha value is -3.00. The molecular formula is C21H19N5OS. The lowest BCUT2D eigenvalue weighted by molar-refractivity contribution is 0.379. The first-order valence-corrected chi connectivity index (χ1v) is 9.82. The van der Waals surface area contributed by atoms with E-state index in [9.17, 15) is 0 Å². The van der Waals surface area contributed by atoms with Gasteiger partial charge in [-0.1, -0.05) is 48.5 Å². The smallest absolute Gasteiger partial charge is 0.224 e. The van der Waals surface area contributed by atoms with Crippen molar-refractivity contribution in [1.82, 2.24) is 9.97 Å². The number of hydrogen-bond acceptors (Lipinski definition) is 7. The average Bonchev–Trinajstić information content (AvgIpc) is 3.38. The molecule has 0 amide bonds. The molecule has 2 atom stereocenters. The second-order valence-corrected chi connectivity index (χ2v) is 7.70. The first-order valence-electron chi connectivity index (χ1n) is 9.00. The highest BCUT2D eigenvalue weighted by Crippen LogP contribution is 2.48. The maximum atomic E-state index is 6.50. The van der Waals surface area contributed by atoms with Crippen molar-refractivity contribution in [2.24, 2.45) is 5.73 Å². The number of benzene rings is 2. The van der Waals surface area contributed by atoms with E-state index >= 15 is 0 Å². The number of nitrogens with zero attached hydrogens (tertiary/aromatic N) is 2. The summed E-state index contributed by atoms with van der Waals surface area (Å²) >= 11 is 1.52. The molecule has 0 aliphatic carbocycles. The number of anilines is 2. The molecule has 0 bridgehead atoms. The maximum Gasteiger partial charge on any atom is 0.224 e. The van der Waals surface area contributed by atoms with Gasteiger partial charge in [0.15, 0.2) is 0 Å². The fourth-order valence-corrected chi connectivity index (χ4v) is 4.55. The van der Waals surface area contributed by atoms with E-state index in [2.05, 4.69) is 34.6 Å². The molecular weight excluding hydrogens is 370 g/mol. The lowest BCUT2D eigenvalue weighted by Crippen LogP contribution is -2.02. The third kappa shape index (κ3) is 2.80. The van der Waals surface area contributed by atoms with E-state index < -0.39 is 0 Å². The molecule has 2 aromatic carbocycles. The van der Waals surface area contributed by atoms with E-state index in [0.717, 1.165) is 37.5 Å². The monoisotopic (exact) mass is 389 g/mol. The summed E-state index contributed by atoms with van der Waals surface area (Å²) in [5.74, 6) is 0.557. The molecule has 0 saturated carbocycles. The first kappa shape index (κ1) is 17.1. The van der Waals surface area contributed by atoms with Gasteiger partial charge in [-0.3, -0.25) is 0 Å². The van der Waals surface area contributed by atoms with E-state index in [-0.39, 0.29) is 12.3 Å². The van der Waals surface area contributed by atoms with E-state index in [1.807, 2.05) is 37.4 Å². The third-order valence-corrected chi connectivity index (χ3v) is 6.03. The fraction of sp³-hybridized carbons (Fsp3) is 0.143. The molecule has 2 unspecified atom stereocenters. The van der Waals surface area contributed by atoms with Gasteiger partial charge < -0.3 is 21.5 Å². The zero-order chi connectivity index (χ0) is 19.3. The molecule has 0 spiro atoms. The number of hydrogen-bond donors (Lipinski definition) is 3. The van der Waals surface area contributed by atoms with Crippen molar-refractivity contribution in [1.29, 1.82) is 0 Å². The molecule has 3 heterocycles. The Morgan fingerprint density at radius 3 is 2.43 bits per heavy atom. The lowest BCUT2D eigenvalue weighted by atomic mass is 10.0. The van der Waals surface area contributed by atoms with Crippen LogP contribution in [0.1, 0.15) is 11.0 Å². The Balaban J connectivity index is 1.71. The number of ether oxygens (including phenoxy) is 1. The predicted octanol–water partition coefficient (Wildman–Crippen LogP) is 4.01. The quantitative estimate of drug-likeness (QED) is 0.456. The summed E-state index contributed by atoms with van der Waals surface area (Å²) < 4.78 is 5.44. The second-order valence-electron chi connectivity index (χ2n) is 6.67.